The number of imide groups is 1. The van der Waals surface area contributed by atoms with Gasteiger partial charge in [0.25, 0.3) is 11.1 Å². The molecule has 1 aromatic rings. The van der Waals surface area contributed by atoms with Crippen molar-refractivity contribution in [1.29, 1.82) is 0 Å². The van der Waals surface area contributed by atoms with Gasteiger partial charge in [-0.3, -0.25) is 19.3 Å². The van der Waals surface area contributed by atoms with E-state index in [0.29, 0.717) is 5.75 Å². The Bertz CT molecular complexity index is 647. The van der Waals surface area contributed by atoms with Gasteiger partial charge in [0, 0.05) is 13.1 Å². The number of hydrogen-bond donors (Lipinski definition) is 1. The third-order valence-corrected chi connectivity index (χ3v) is 4.02. The summed E-state index contributed by atoms with van der Waals surface area (Å²) < 4.78 is 9.96. The van der Waals surface area contributed by atoms with E-state index in [0.717, 1.165) is 16.7 Å². The fourth-order valence-electron chi connectivity index (χ4n) is 1.98. The minimum absolute atomic E-state index is 0.0941. The van der Waals surface area contributed by atoms with Crippen LogP contribution in [0.1, 0.15) is 10.4 Å². The van der Waals surface area contributed by atoms with Crippen molar-refractivity contribution < 1.29 is 28.7 Å². The second-order valence-electron chi connectivity index (χ2n) is 4.73. The lowest BCUT2D eigenvalue weighted by atomic mass is 10.2. The summed E-state index contributed by atoms with van der Waals surface area (Å²) in [6.45, 7) is -0.270. The molecule has 9 heteroatoms. The fourth-order valence-corrected chi connectivity index (χ4v) is 2.73. The summed E-state index contributed by atoms with van der Waals surface area (Å²) >= 11 is 0.931. The Hall–Kier alpha value is -2.55. The van der Waals surface area contributed by atoms with E-state index in [1.807, 2.05) is 0 Å². The normalized spacial score (nSPS) is 13.8. The van der Waals surface area contributed by atoms with E-state index in [2.05, 4.69) is 5.32 Å². The van der Waals surface area contributed by atoms with Crippen LogP contribution in [0.15, 0.2) is 24.3 Å². The van der Waals surface area contributed by atoms with E-state index in [9.17, 15) is 19.2 Å². The van der Waals surface area contributed by atoms with Crippen LogP contribution in [0.4, 0.5) is 4.79 Å². The summed E-state index contributed by atoms with van der Waals surface area (Å²) in [6, 6.07) is 6.50. The molecule has 1 fully saturated rings. The van der Waals surface area contributed by atoms with E-state index in [1.54, 1.807) is 18.2 Å². The fraction of sp³-hybridized carbons (Fsp3) is 0.333. The second-order valence-corrected chi connectivity index (χ2v) is 5.65. The molecule has 0 unspecified atom stereocenters. The number of thioether (sulfide) groups is 1. The van der Waals surface area contributed by atoms with Crippen LogP contribution in [-0.2, 0) is 14.3 Å². The summed E-state index contributed by atoms with van der Waals surface area (Å²) in [4.78, 5) is 47.4. The first-order chi connectivity index (χ1) is 11.5. The summed E-state index contributed by atoms with van der Waals surface area (Å²) in [7, 11) is 1.43. The third-order valence-electron chi connectivity index (χ3n) is 3.16. The van der Waals surface area contributed by atoms with E-state index in [1.165, 1.54) is 13.2 Å². The molecular weight excluding hydrogens is 336 g/mol. The van der Waals surface area contributed by atoms with Gasteiger partial charge in [0.05, 0.1) is 12.9 Å². The molecule has 1 heterocycles. The van der Waals surface area contributed by atoms with E-state index >= 15 is 0 Å². The molecule has 128 valence electrons. The third kappa shape index (κ3) is 4.48. The van der Waals surface area contributed by atoms with Gasteiger partial charge in [0.1, 0.15) is 11.3 Å². The van der Waals surface area contributed by atoms with Crippen molar-refractivity contribution >= 4 is 34.8 Å². The van der Waals surface area contributed by atoms with Gasteiger partial charge >= 0.3 is 5.97 Å². The van der Waals surface area contributed by atoms with Crippen molar-refractivity contribution in [2.24, 2.45) is 0 Å². The predicted molar refractivity (Wildman–Crippen MR) is 85.9 cm³/mol. The van der Waals surface area contributed by atoms with Gasteiger partial charge in [0.2, 0.25) is 5.91 Å². The number of amides is 3. The standard InChI is InChI=1S/C15H16N2O6S/c1-22-11-5-3-2-4-10(11)14(20)23-8-12(18)16-6-7-17-13(19)9-24-15(17)21/h2-5H,6-9H2,1H3,(H,16,18). The van der Waals surface area contributed by atoms with Gasteiger partial charge in [-0.15, -0.1) is 0 Å². The number of ether oxygens (including phenoxy) is 2. The highest BCUT2D eigenvalue weighted by molar-refractivity contribution is 8.14. The maximum atomic E-state index is 11.9. The number of esters is 1. The largest absolute Gasteiger partial charge is 0.496 e. The molecule has 2 rings (SSSR count). The average molecular weight is 352 g/mol. The van der Waals surface area contributed by atoms with Crippen LogP contribution in [-0.4, -0.2) is 60.5 Å². The topological polar surface area (TPSA) is 102 Å². The second kappa shape index (κ2) is 8.34. The molecule has 0 bridgehead atoms. The first-order valence-electron chi connectivity index (χ1n) is 7.07. The highest BCUT2D eigenvalue weighted by Gasteiger charge is 2.29. The zero-order valence-corrected chi connectivity index (χ0v) is 13.8. The quantitative estimate of drug-likeness (QED) is 0.719. The molecule has 0 atom stereocenters. The molecule has 1 saturated heterocycles. The van der Waals surface area contributed by atoms with Crippen molar-refractivity contribution in [2.75, 3.05) is 32.6 Å². The number of methoxy groups -OCH3 is 1. The van der Waals surface area contributed by atoms with Crippen molar-refractivity contribution in [3.63, 3.8) is 0 Å². The van der Waals surface area contributed by atoms with Crippen molar-refractivity contribution in [3.8, 4) is 5.75 Å². The molecule has 0 aromatic heterocycles. The molecule has 1 aliphatic rings. The zero-order valence-electron chi connectivity index (χ0n) is 12.9. The minimum atomic E-state index is -0.677. The number of benzene rings is 1. The molecule has 8 nitrogen and oxygen atoms in total. The Morgan fingerprint density at radius 3 is 2.71 bits per heavy atom. The number of carbonyl (C=O) groups excluding carboxylic acids is 4. The number of hydrogen-bond acceptors (Lipinski definition) is 7. The molecular formula is C15H16N2O6S. The van der Waals surface area contributed by atoms with E-state index < -0.39 is 18.5 Å². The predicted octanol–water partition coefficient (Wildman–Crippen LogP) is 0.664. The van der Waals surface area contributed by atoms with Crippen molar-refractivity contribution in [3.05, 3.63) is 29.8 Å². The number of para-hydroxylation sites is 1. The summed E-state index contributed by atoms with van der Waals surface area (Å²) in [5.74, 6) is -0.995. The Kier molecular flexibility index (Phi) is 6.19. The number of nitrogens with zero attached hydrogens (tertiary/aromatic N) is 1. The van der Waals surface area contributed by atoms with Gasteiger partial charge in [-0.25, -0.2) is 4.79 Å². The SMILES string of the molecule is COc1ccccc1C(=O)OCC(=O)NCCN1C(=O)CSC1=O. The van der Waals surface area contributed by atoms with Crippen LogP contribution in [0.5, 0.6) is 5.75 Å². The van der Waals surface area contributed by atoms with Crippen molar-refractivity contribution in [1.82, 2.24) is 10.2 Å². The van der Waals surface area contributed by atoms with E-state index in [-0.39, 0.29) is 35.6 Å². The summed E-state index contributed by atoms with van der Waals surface area (Å²) in [5, 5.41) is 2.16. The van der Waals surface area contributed by atoms with Crippen LogP contribution in [0.25, 0.3) is 0 Å². The molecule has 3 amide bonds. The van der Waals surface area contributed by atoms with Gasteiger partial charge in [-0.1, -0.05) is 23.9 Å². The lowest BCUT2D eigenvalue weighted by Crippen LogP contribution is -2.38. The molecule has 1 N–H and O–H groups in total. The van der Waals surface area contributed by atoms with Gasteiger partial charge in [0.15, 0.2) is 6.61 Å². The number of rotatable bonds is 7. The highest BCUT2D eigenvalue weighted by Crippen LogP contribution is 2.18. The number of nitrogens with one attached hydrogen (secondary N) is 1. The van der Waals surface area contributed by atoms with Crippen LogP contribution in [0.2, 0.25) is 0 Å². The van der Waals surface area contributed by atoms with Crippen LogP contribution in [0.3, 0.4) is 0 Å². The molecule has 0 spiro atoms. The van der Waals surface area contributed by atoms with Crippen LogP contribution < -0.4 is 10.1 Å². The molecule has 0 aliphatic carbocycles. The summed E-state index contributed by atoms with van der Waals surface area (Å²) in [6.07, 6.45) is 0. The smallest absolute Gasteiger partial charge is 0.342 e. The monoisotopic (exact) mass is 352 g/mol. The minimum Gasteiger partial charge on any atom is -0.496 e. The molecule has 1 aromatic carbocycles. The molecule has 0 saturated carbocycles. The van der Waals surface area contributed by atoms with Crippen LogP contribution in [0, 0.1) is 0 Å². The summed E-state index contributed by atoms with van der Waals surface area (Å²) in [5.41, 5.74) is 0.220. The zero-order chi connectivity index (χ0) is 17.5. The highest BCUT2D eigenvalue weighted by atomic mass is 32.2. The van der Waals surface area contributed by atoms with E-state index in [4.69, 9.17) is 9.47 Å². The molecule has 0 radical (unpaired) electrons. The maximum absolute atomic E-state index is 11.9. The first-order valence-corrected chi connectivity index (χ1v) is 8.05. The first kappa shape index (κ1) is 17.8. The van der Waals surface area contributed by atoms with Gasteiger partial charge in [-0.05, 0) is 12.1 Å². The lowest BCUT2D eigenvalue weighted by molar-refractivity contribution is -0.126. The Morgan fingerprint density at radius 1 is 1.29 bits per heavy atom. The van der Waals surface area contributed by atoms with Gasteiger partial charge < -0.3 is 14.8 Å². The maximum Gasteiger partial charge on any atom is 0.342 e. The lowest BCUT2D eigenvalue weighted by Gasteiger charge is -2.13. The molecule has 1 aliphatic heterocycles. The molecule has 24 heavy (non-hydrogen) atoms. The Morgan fingerprint density at radius 2 is 2.04 bits per heavy atom. The Balaban J connectivity index is 1.74. The number of carbonyl (C=O) groups is 4. The average Bonchev–Trinajstić information content (AvgIpc) is 2.91. The van der Waals surface area contributed by atoms with Gasteiger partial charge in [-0.2, -0.15) is 0 Å². The van der Waals surface area contributed by atoms with Crippen LogP contribution >= 0.6 is 11.8 Å². The van der Waals surface area contributed by atoms with Crippen molar-refractivity contribution in [2.45, 2.75) is 0 Å². The Labute approximate surface area is 142 Å².